The molecule has 4 heteroatoms. The molecule has 0 fully saturated rings. The van der Waals surface area contributed by atoms with Gasteiger partial charge in [-0.2, -0.15) is 0 Å². The molecule has 0 aliphatic carbocycles. The molecule has 1 N–H and O–H groups in total. The SMILES string of the molecule is CCn1cncc1CNC(C)CCOC. The van der Waals surface area contributed by atoms with E-state index in [1.54, 1.807) is 7.11 Å². The van der Waals surface area contributed by atoms with Gasteiger partial charge in [0.25, 0.3) is 0 Å². The summed E-state index contributed by atoms with van der Waals surface area (Å²) < 4.78 is 7.19. The van der Waals surface area contributed by atoms with Crippen LogP contribution in [0.3, 0.4) is 0 Å². The Morgan fingerprint density at radius 2 is 2.40 bits per heavy atom. The summed E-state index contributed by atoms with van der Waals surface area (Å²) in [5, 5.41) is 3.45. The first-order valence-corrected chi connectivity index (χ1v) is 5.49. The fourth-order valence-corrected chi connectivity index (χ4v) is 1.46. The monoisotopic (exact) mass is 211 g/mol. The van der Waals surface area contributed by atoms with Crippen LogP contribution in [-0.4, -0.2) is 29.3 Å². The molecule has 15 heavy (non-hydrogen) atoms. The molecule has 86 valence electrons. The topological polar surface area (TPSA) is 39.1 Å². The van der Waals surface area contributed by atoms with Crippen LogP contribution in [0.5, 0.6) is 0 Å². The minimum atomic E-state index is 0.477. The molecule has 0 saturated heterocycles. The summed E-state index contributed by atoms with van der Waals surface area (Å²) in [7, 11) is 1.73. The predicted octanol–water partition coefficient (Wildman–Crippen LogP) is 1.42. The van der Waals surface area contributed by atoms with Gasteiger partial charge in [-0.1, -0.05) is 0 Å². The van der Waals surface area contributed by atoms with E-state index in [1.165, 1.54) is 5.69 Å². The molecule has 0 aliphatic rings. The van der Waals surface area contributed by atoms with Crippen LogP contribution in [-0.2, 0) is 17.8 Å². The van der Waals surface area contributed by atoms with E-state index in [0.717, 1.165) is 26.1 Å². The van der Waals surface area contributed by atoms with Crippen LogP contribution in [0.2, 0.25) is 0 Å². The lowest BCUT2D eigenvalue weighted by molar-refractivity contribution is 0.184. The summed E-state index contributed by atoms with van der Waals surface area (Å²) in [5.74, 6) is 0. The average Bonchev–Trinajstić information content (AvgIpc) is 2.70. The third-order valence-corrected chi connectivity index (χ3v) is 2.53. The van der Waals surface area contributed by atoms with Gasteiger partial charge < -0.3 is 14.6 Å². The highest BCUT2D eigenvalue weighted by Gasteiger charge is 2.03. The standard InChI is InChI=1S/C11H21N3O/c1-4-14-9-12-7-11(14)8-13-10(2)5-6-15-3/h7,9-10,13H,4-6,8H2,1-3H3. The lowest BCUT2D eigenvalue weighted by Gasteiger charge is -2.13. The van der Waals surface area contributed by atoms with Crippen LogP contribution in [0.15, 0.2) is 12.5 Å². The number of ether oxygens (including phenoxy) is 1. The second-order valence-corrected chi connectivity index (χ2v) is 3.73. The Morgan fingerprint density at radius 1 is 1.60 bits per heavy atom. The predicted molar refractivity (Wildman–Crippen MR) is 60.7 cm³/mol. The van der Waals surface area contributed by atoms with Gasteiger partial charge in [-0.05, 0) is 20.3 Å². The van der Waals surface area contributed by atoms with Crippen molar-refractivity contribution in [3.05, 3.63) is 18.2 Å². The van der Waals surface area contributed by atoms with Crippen LogP contribution in [0.4, 0.5) is 0 Å². The number of nitrogens with zero attached hydrogens (tertiary/aromatic N) is 2. The minimum absolute atomic E-state index is 0.477. The van der Waals surface area contributed by atoms with Gasteiger partial charge >= 0.3 is 0 Å². The van der Waals surface area contributed by atoms with Gasteiger partial charge in [0.05, 0.1) is 12.0 Å². The molecule has 4 nitrogen and oxygen atoms in total. The molecule has 0 radical (unpaired) electrons. The maximum absolute atomic E-state index is 5.04. The lowest BCUT2D eigenvalue weighted by atomic mass is 10.2. The molecule has 0 amide bonds. The van der Waals surface area contributed by atoms with Crippen molar-refractivity contribution >= 4 is 0 Å². The van der Waals surface area contributed by atoms with Crippen molar-refractivity contribution in [2.24, 2.45) is 0 Å². The first kappa shape index (κ1) is 12.2. The molecule has 0 spiro atoms. The van der Waals surface area contributed by atoms with Crippen molar-refractivity contribution in [1.82, 2.24) is 14.9 Å². The zero-order valence-corrected chi connectivity index (χ0v) is 9.86. The molecule has 1 aromatic rings. The average molecular weight is 211 g/mol. The van der Waals surface area contributed by atoms with Gasteiger partial charge in [-0.25, -0.2) is 4.98 Å². The van der Waals surface area contributed by atoms with Crippen molar-refractivity contribution in [2.45, 2.75) is 39.4 Å². The summed E-state index contributed by atoms with van der Waals surface area (Å²) in [6, 6.07) is 0.477. The Bertz CT molecular complexity index is 273. The molecule has 0 saturated carbocycles. The molecule has 0 aromatic carbocycles. The van der Waals surface area contributed by atoms with E-state index in [1.807, 2.05) is 12.5 Å². The van der Waals surface area contributed by atoms with Crippen molar-refractivity contribution < 1.29 is 4.74 Å². The third-order valence-electron chi connectivity index (χ3n) is 2.53. The Morgan fingerprint density at radius 3 is 3.07 bits per heavy atom. The number of methoxy groups -OCH3 is 1. The molecule has 1 heterocycles. The quantitative estimate of drug-likeness (QED) is 0.741. The molecule has 1 aromatic heterocycles. The van der Waals surface area contributed by atoms with Crippen molar-refractivity contribution in [3.63, 3.8) is 0 Å². The van der Waals surface area contributed by atoms with Gasteiger partial charge in [0.1, 0.15) is 0 Å². The Kier molecular flexibility index (Phi) is 5.36. The normalized spacial score (nSPS) is 13.0. The highest BCUT2D eigenvalue weighted by molar-refractivity contribution is 4.97. The van der Waals surface area contributed by atoms with E-state index >= 15 is 0 Å². The molecule has 1 rings (SSSR count). The van der Waals surface area contributed by atoms with E-state index in [0.29, 0.717) is 6.04 Å². The third kappa shape index (κ3) is 4.01. The smallest absolute Gasteiger partial charge is 0.0948 e. The van der Waals surface area contributed by atoms with E-state index in [-0.39, 0.29) is 0 Å². The molecule has 1 atom stereocenters. The van der Waals surface area contributed by atoms with Crippen LogP contribution in [0, 0.1) is 0 Å². The van der Waals surface area contributed by atoms with Gasteiger partial charge in [0, 0.05) is 39.0 Å². The Balaban J connectivity index is 2.30. The molecule has 0 bridgehead atoms. The summed E-state index contributed by atoms with van der Waals surface area (Å²) in [4.78, 5) is 4.13. The lowest BCUT2D eigenvalue weighted by Crippen LogP contribution is -2.27. The highest BCUT2D eigenvalue weighted by Crippen LogP contribution is 2.00. The fourth-order valence-electron chi connectivity index (χ4n) is 1.46. The minimum Gasteiger partial charge on any atom is -0.385 e. The second kappa shape index (κ2) is 6.58. The number of aromatic nitrogens is 2. The zero-order chi connectivity index (χ0) is 11.1. The molecular formula is C11H21N3O. The zero-order valence-electron chi connectivity index (χ0n) is 9.86. The first-order valence-electron chi connectivity index (χ1n) is 5.49. The van der Waals surface area contributed by atoms with Crippen LogP contribution in [0.1, 0.15) is 26.0 Å². The van der Waals surface area contributed by atoms with E-state index in [2.05, 4.69) is 28.7 Å². The number of aryl methyl sites for hydroxylation is 1. The number of rotatable bonds is 7. The Hall–Kier alpha value is -0.870. The van der Waals surface area contributed by atoms with E-state index in [4.69, 9.17) is 4.74 Å². The second-order valence-electron chi connectivity index (χ2n) is 3.73. The highest BCUT2D eigenvalue weighted by atomic mass is 16.5. The maximum Gasteiger partial charge on any atom is 0.0948 e. The number of hydrogen-bond donors (Lipinski definition) is 1. The van der Waals surface area contributed by atoms with Gasteiger partial charge in [0.15, 0.2) is 0 Å². The van der Waals surface area contributed by atoms with E-state index < -0.39 is 0 Å². The molecular weight excluding hydrogens is 190 g/mol. The summed E-state index contributed by atoms with van der Waals surface area (Å²) in [5.41, 5.74) is 1.24. The van der Waals surface area contributed by atoms with Crippen LogP contribution >= 0.6 is 0 Å². The Labute approximate surface area is 91.7 Å². The van der Waals surface area contributed by atoms with Gasteiger partial charge in [-0.3, -0.25) is 0 Å². The first-order chi connectivity index (χ1) is 7.27. The van der Waals surface area contributed by atoms with Crippen LogP contribution < -0.4 is 5.32 Å². The van der Waals surface area contributed by atoms with E-state index in [9.17, 15) is 0 Å². The number of imidazole rings is 1. The largest absolute Gasteiger partial charge is 0.385 e. The van der Waals surface area contributed by atoms with Crippen molar-refractivity contribution in [1.29, 1.82) is 0 Å². The van der Waals surface area contributed by atoms with Crippen molar-refractivity contribution in [3.8, 4) is 0 Å². The summed E-state index contributed by atoms with van der Waals surface area (Å²) in [6.45, 7) is 6.95. The maximum atomic E-state index is 5.04. The number of hydrogen-bond acceptors (Lipinski definition) is 3. The summed E-state index contributed by atoms with van der Waals surface area (Å²) in [6.07, 6.45) is 4.83. The van der Waals surface area contributed by atoms with Crippen LogP contribution in [0.25, 0.3) is 0 Å². The fraction of sp³-hybridized carbons (Fsp3) is 0.727. The van der Waals surface area contributed by atoms with Crippen molar-refractivity contribution in [2.75, 3.05) is 13.7 Å². The van der Waals surface area contributed by atoms with Gasteiger partial charge in [-0.15, -0.1) is 0 Å². The number of nitrogens with one attached hydrogen (secondary N) is 1. The molecule has 0 aliphatic heterocycles. The summed E-state index contributed by atoms with van der Waals surface area (Å²) >= 11 is 0. The molecule has 1 unspecified atom stereocenters. The van der Waals surface area contributed by atoms with Gasteiger partial charge in [0.2, 0.25) is 0 Å².